The van der Waals surface area contributed by atoms with Gasteiger partial charge in [-0.05, 0) is 6.92 Å². The molecular weight excluding hydrogens is 291 g/mol. The summed E-state index contributed by atoms with van der Waals surface area (Å²) in [6, 6.07) is 0. The summed E-state index contributed by atoms with van der Waals surface area (Å²) in [5.41, 5.74) is 4.92. The average Bonchev–Trinajstić information content (AvgIpc) is 1.69. The molecule has 0 spiro atoms. The molecule has 11 nitrogen and oxygen atoms in total. The number of phosphoric acid groups is 3. The van der Waals surface area contributed by atoms with Gasteiger partial charge in [-0.3, -0.25) is 4.52 Å². The molecule has 0 aromatic carbocycles. The highest BCUT2D eigenvalue weighted by Gasteiger charge is 2.41. The summed E-state index contributed by atoms with van der Waals surface area (Å²) in [4.78, 5) is 33.8. The van der Waals surface area contributed by atoms with Crippen molar-refractivity contribution < 1.29 is 46.4 Å². The van der Waals surface area contributed by atoms with Crippen LogP contribution in [0.4, 0.5) is 0 Å². The van der Waals surface area contributed by atoms with Crippen LogP contribution in [0.1, 0.15) is 6.92 Å². The first-order chi connectivity index (χ1) is 6.83. The second-order valence-electron chi connectivity index (χ2n) is 2.40. The van der Waals surface area contributed by atoms with Crippen molar-refractivity contribution in [3.05, 3.63) is 0 Å². The minimum atomic E-state index is -5.45. The Hall–Kier alpha value is 0.370. The molecule has 0 bridgehead atoms. The van der Waals surface area contributed by atoms with Crippen LogP contribution in [-0.4, -0.2) is 25.8 Å². The van der Waals surface area contributed by atoms with Gasteiger partial charge in [-0.25, -0.2) is 13.7 Å². The van der Waals surface area contributed by atoms with E-state index in [-0.39, 0.29) is 0 Å². The highest BCUT2D eigenvalue weighted by atomic mass is 31.3. The van der Waals surface area contributed by atoms with Crippen LogP contribution < -0.4 is 5.73 Å². The van der Waals surface area contributed by atoms with Crippen molar-refractivity contribution in [2.75, 3.05) is 0 Å². The molecule has 98 valence electrons. The van der Waals surface area contributed by atoms with Crippen molar-refractivity contribution >= 4 is 23.5 Å². The molecule has 0 aliphatic heterocycles. The highest BCUT2D eigenvalue weighted by molar-refractivity contribution is 7.66. The predicted octanol–water partition coefficient (Wildman–Crippen LogP) is -0.366. The Morgan fingerprint density at radius 3 is 1.75 bits per heavy atom. The van der Waals surface area contributed by atoms with Crippen LogP contribution in [0, 0.1) is 0 Å². The average molecular weight is 301 g/mol. The maximum Gasteiger partial charge on any atom is 0.490 e. The Balaban J connectivity index is 4.65. The van der Waals surface area contributed by atoms with Crippen LogP contribution >= 0.6 is 23.5 Å². The molecule has 0 rings (SSSR count). The lowest BCUT2D eigenvalue weighted by molar-refractivity contribution is 0.138. The summed E-state index contributed by atoms with van der Waals surface area (Å²) < 4.78 is 42.6. The molecule has 0 aliphatic carbocycles. The van der Waals surface area contributed by atoms with Crippen molar-refractivity contribution in [1.29, 1.82) is 0 Å². The fourth-order valence-electron chi connectivity index (χ4n) is 0.509. The van der Waals surface area contributed by atoms with E-state index in [4.69, 9.17) is 25.3 Å². The first kappa shape index (κ1) is 16.4. The van der Waals surface area contributed by atoms with Crippen molar-refractivity contribution in [3.63, 3.8) is 0 Å². The Morgan fingerprint density at radius 1 is 1.00 bits per heavy atom. The molecule has 0 aromatic heterocycles. The van der Waals surface area contributed by atoms with E-state index in [1.807, 2.05) is 0 Å². The van der Waals surface area contributed by atoms with E-state index in [1.165, 1.54) is 0 Å². The summed E-state index contributed by atoms with van der Waals surface area (Å²) in [6.07, 6.45) is -1.31. The minimum Gasteiger partial charge on any atom is -0.306 e. The van der Waals surface area contributed by atoms with Crippen LogP contribution in [-0.2, 0) is 26.8 Å². The van der Waals surface area contributed by atoms with E-state index < -0.39 is 29.7 Å². The van der Waals surface area contributed by atoms with Gasteiger partial charge in [-0.15, -0.1) is 0 Å². The van der Waals surface area contributed by atoms with Gasteiger partial charge in [0.05, 0.1) is 0 Å². The summed E-state index contributed by atoms with van der Waals surface area (Å²) in [6.45, 7) is 1.11. The fourth-order valence-corrected chi connectivity index (χ4v) is 3.59. The smallest absolute Gasteiger partial charge is 0.306 e. The quantitative estimate of drug-likeness (QED) is 0.318. The van der Waals surface area contributed by atoms with Crippen LogP contribution in [0.15, 0.2) is 0 Å². The summed E-state index contributed by atoms with van der Waals surface area (Å²) in [5, 5.41) is 0. The first-order valence-corrected chi connectivity index (χ1v) is 7.93. The molecular formula is C2H10NO10P3. The maximum absolute atomic E-state index is 10.9. The molecule has 14 heteroatoms. The molecule has 0 aromatic rings. The van der Waals surface area contributed by atoms with Crippen LogP contribution in [0.2, 0.25) is 0 Å². The largest absolute Gasteiger partial charge is 0.490 e. The molecule has 0 heterocycles. The van der Waals surface area contributed by atoms with Gasteiger partial charge in [0.2, 0.25) is 0 Å². The van der Waals surface area contributed by atoms with E-state index in [0.29, 0.717) is 0 Å². The lowest BCUT2D eigenvalue weighted by Crippen LogP contribution is -2.17. The highest BCUT2D eigenvalue weighted by Crippen LogP contribution is 2.66. The van der Waals surface area contributed by atoms with Crippen LogP contribution in [0.3, 0.4) is 0 Å². The zero-order valence-corrected chi connectivity index (χ0v) is 10.4. The molecule has 0 radical (unpaired) electrons. The van der Waals surface area contributed by atoms with E-state index in [2.05, 4.69) is 13.1 Å². The van der Waals surface area contributed by atoms with Crippen molar-refractivity contribution in [2.24, 2.45) is 5.73 Å². The monoisotopic (exact) mass is 301 g/mol. The minimum absolute atomic E-state index is 1.11. The van der Waals surface area contributed by atoms with E-state index in [0.717, 1.165) is 6.92 Å². The molecule has 3 unspecified atom stereocenters. The Labute approximate surface area is 89.6 Å². The summed E-state index contributed by atoms with van der Waals surface area (Å²) in [7, 11) is -15.9. The van der Waals surface area contributed by atoms with E-state index in [1.54, 1.807) is 0 Å². The molecule has 16 heavy (non-hydrogen) atoms. The zero-order valence-electron chi connectivity index (χ0n) is 7.73. The number of nitrogens with two attached hydrogens (primary N) is 1. The second-order valence-corrected chi connectivity index (χ2v) is 6.77. The first-order valence-electron chi connectivity index (χ1n) is 3.41. The molecule has 6 N–H and O–H groups in total. The zero-order chi connectivity index (χ0) is 13.2. The topological polar surface area (TPSA) is 186 Å². The van der Waals surface area contributed by atoms with Gasteiger partial charge < -0.3 is 25.3 Å². The van der Waals surface area contributed by atoms with Crippen molar-refractivity contribution in [3.8, 4) is 0 Å². The third kappa shape index (κ3) is 8.51. The number of hydrogen-bond donors (Lipinski definition) is 5. The molecule has 0 saturated heterocycles. The van der Waals surface area contributed by atoms with Gasteiger partial charge in [-0.2, -0.15) is 8.62 Å². The molecule has 0 fully saturated rings. The van der Waals surface area contributed by atoms with Gasteiger partial charge in [0, 0.05) is 0 Å². The third-order valence-corrected chi connectivity index (χ3v) is 4.64. The standard InChI is InChI=1S/C2H10NO10P3/c1-2(3)11-15(7,8)13-16(9,10)12-14(4,5)6/h2H,3H2,1H3,(H,7,8)(H,9,10)(H2,4,5,6). The van der Waals surface area contributed by atoms with E-state index >= 15 is 0 Å². The lowest BCUT2D eigenvalue weighted by Gasteiger charge is -2.17. The van der Waals surface area contributed by atoms with Gasteiger partial charge in [0.1, 0.15) is 6.23 Å². The third-order valence-electron chi connectivity index (χ3n) is 0.715. The van der Waals surface area contributed by atoms with Gasteiger partial charge >= 0.3 is 23.5 Å². The fraction of sp³-hybridized carbons (Fsp3) is 1.00. The van der Waals surface area contributed by atoms with Gasteiger partial charge in [0.15, 0.2) is 0 Å². The van der Waals surface area contributed by atoms with Crippen molar-refractivity contribution in [1.82, 2.24) is 0 Å². The van der Waals surface area contributed by atoms with Crippen molar-refractivity contribution in [2.45, 2.75) is 13.2 Å². The molecule has 0 amide bonds. The summed E-state index contributed by atoms with van der Waals surface area (Å²) in [5.74, 6) is 0. The van der Waals surface area contributed by atoms with Crippen LogP contribution in [0.5, 0.6) is 0 Å². The second kappa shape index (κ2) is 5.34. The number of hydrogen-bond acceptors (Lipinski definition) is 7. The summed E-state index contributed by atoms with van der Waals surface area (Å²) >= 11 is 0. The predicted molar refractivity (Wildman–Crippen MR) is 48.6 cm³/mol. The molecule has 0 aliphatic rings. The maximum atomic E-state index is 10.9. The van der Waals surface area contributed by atoms with Gasteiger partial charge in [0.25, 0.3) is 0 Å². The molecule has 0 saturated carbocycles. The molecule has 3 atom stereocenters. The van der Waals surface area contributed by atoms with E-state index in [9.17, 15) is 13.7 Å². The number of rotatable bonds is 6. The lowest BCUT2D eigenvalue weighted by atomic mass is 10.7. The van der Waals surface area contributed by atoms with Crippen LogP contribution in [0.25, 0.3) is 0 Å². The number of phosphoric ester groups is 1. The SMILES string of the molecule is CC(N)OP(=O)(O)OP(=O)(O)OP(=O)(O)O. The Morgan fingerprint density at radius 2 is 1.44 bits per heavy atom. The Kier molecular flexibility index (Phi) is 5.47. The normalized spacial score (nSPS) is 22.1. The van der Waals surface area contributed by atoms with Gasteiger partial charge in [-0.1, -0.05) is 0 Å². The Bertz CT molecular complexity index is 370.